The highest BCUT2D eigenvalue weighted by atomic mass is 35.5. The molecule has 0 aromatic heterocycles. The Morgan fingerprint density at radius 1 is 1.32 bits per heavy atom. The van der Waals surface area contributed by atoms with E-state index < -0.39 is 7.72 Å². The first-order valence-electron chi connectivity index (χ1n) is 8.44. The molecule has 25 heavy (non-hydrogen) atoms. The van der Waals surface area contributed by atoms with Crippen molar-refractivity contribution >= 4 is 36.7 Å². The van der Waals surface area contributed by atoms with Crippen LogP contribution in [0.5, 0.6) is 0 Å². The summed E-state index contributed by atoms with van der Waals surface area (Å²) in [5.41, 5.74) is 0.922. The van der Waals surface area contributed by atoms with Crippen LogP contribution in [0.25, 0.3) is 0 Å². The predicted molar refractivity (Wildman–Crippen MR) is 105 cm³/mol. The smallest absolute Gasteiger partial charge is 0.275 e. The van der Waals surface area contributed by atoms with Crippen LogP contribution < -0.4 is 5.32 Å². The van der Waals surface area contributed by atoms with E-state index in [0.717, 1.165) is 24.8 Å². The fourth-order valence-corrected chi connectivity index (χ4v) is 5.28. The van der Waals surface area contributed by atoms with Crippen molar-refractivity contribution < 1.29 is 14.6 Å². The van der Waals surface area contributed by atoms with Gasteiger partial charge in [0, 0.05) is 12.0 Å². The number of hydrogen-bond acceptors (Lipinski definition) is 4. The van der Waals surface area contributed by atoms with E-state index in [1.54, 1.807) is 12.1 Å². The van der Waals surface area contributed by atoms with Gasteiger partial charge in [-0.15, -0.1) is 0 Å². The zero-order chi connectivity index (χ0) is 18.4. The molecule has 0 saturated heterocycles. The normalized spacial score (nSPS) is 19.0. The van der Waals surface area contributed by atoms with E-state index in [4.69, 9.17) is 23.2 Å². The molecular weight excluding hydrogens is 380 g/mol. The van der Waals surface area contributed by atoms with Gasteiger partial charge in [0.15, 0.2) is 11.9 Å². The molecule has 1 aromatic rings. The Morgan fingerprint density at radius 3 is 2.72 bits per heavy atom. The van der Waals surface area contributed by atoms with Gasteiger partial charge in [-0.25, -0.2) is 9.79 Å². The van der Waals surface area contributed by atoms with Gasteiger partial charge in [0.2, 0.25) is 0 Å². The van der Waals surface area contributed by atoms with Gasteiger partial charge < -0.3 is 5.32 Å². The minimum atomic E-state index is -3.18. The molecule has 7 heteroatoms. The lowest BCUT2D eigenvalue weighted by molar-refractivity contribution is -0.116. The Morgan fingerprint density at radius 2 is 2.08 bits per heavy atom. The van der Waals surface area contributed by atoms with Gasteiger partial charge in [0.1, 0.15) is 6.16 Å². The average molecular weight is 405 g/mol. The van der Waals surface area contributed by atoms with Gasteiger partial charge in [-0.05, 0) is 43.9 Å². The van der Waals surface area contributed by atoms with Gasteiger partial charge in [-0.2, -0.15) is 0 Å². The highest BCUT2D eigenvalue weighted by molar-refractivity contribution is 7.65. The molecule has 2 atom stereocenters. The van der Waals surface area contributed by atoms with Crippen molar-refractivity contribution in [2.75, 3.05) is 18.9 Å². The summed E-state index contributed by atoms with van der Waals surface area (Å²) in [7, 11) is -3.18. The number of nitrogens with one attached hydrogen (secondary N) is 1. The summed E-state index contributed by atoms with van der Waals surface area (Å²) in [6.07, 6.45) is 7.17. The molecule has 0 saturated carbocycles. The van der Waals surface area contributed by atoms with E-state index in [0.29, 0.717) is 16.2 Å². The van der Waals surface area contributed by atoms with Crippen LogP contribution in [0.1, 0.15) is 37.8 Å². The molecule has 0 radical (unpaired) electrons. The molecule has 1 aromatic carbocycles. The van der Waals surface area contributed by atoms with Crippen LogP contribution in [0.3, 0.4) is 0 Å². The Hall–Kier alpha value is -0.480. The van der Waals surface area contributed by atoms with Crippen molar-refractivity contribution in [1.29, 1.82) is 0 Å². The van der Waals surface area contributed by atoms with E-state index in [2.05, 4.69) is 17.5 Å². The third-order valence-electron chi connectivity index (χ3n) is 4.41. The highest BCUT2D eigenvalue weighted by Gasteiger charge is 2.38. The molecule has 1 aliphatic carbocycles. The summed E-state index contributed by atoms with van der Waals surface area (Å²) >= 11 is 11.9. The first kappa shape index (κ1) is 20.8. The number of ketones is 1. The van der Waals surface area contributed by atoms with Crippen molar-refractivity contribution in [1.82, 2.24) is 5.32 Å². The molecule has 3 N–H and O–H groups in total. The molecule has 0 heterocycles. The summed E-state index contributed by atoms with van der Waals surface area (Å²) < 4.78 is 0. The second-order valence-corrected chi connectivity index (χ2v) is 9.94. The van der Waals surface area contributed by atoms with Gasteiger partial charge in [0.05, 0.1) is 16.6 Å². The fourth-order valence-electron chi connectivity index (χ4n) is 3.01. The summed E-state index contributed by atoms with van der Waals surface area (Å²) in [4.78, 5) is 32.6. The summed E-state index contributed by atoms with van der Waals surface area (Å²) in [5.74, 6) is 0.0841. The molecule has 0 fully saturated rings. The predicted octanol–water partition coefficient (Wildman–Crippen LogP) is 4.40. The number of rotatable bonds is 8. The maximum absolute atomic E-state index is 12.1. The number of hydrogen-bond donors (Lipinski definition) is 3. The molecule has 2 unspecified atom stereocenters. The maximum atomic E-state index is 12.1. The lowest BCUT2D eigenvalue weighted by Gasteiger charge is -2.21. The Balaban J connectivity index is 1.80. The Bertz CT molecular complexity index is 637. The summed E-state index contributed by atoms with van der Waals surface area (Å²) in [6, 6.07) is 5.24. The zero-order valence-corrected chi connectivity index (χ0v) is 16.7. The van der Waals surface area contributed by atoms with Crippen molar-refractivity contribution in [2.24, 2.45) is 5.92 Å². The van der Waals surface area contributed by atoms with Crippen molar-refractivity contribution in [3.8, 4) is 0 Å². The van der Waals surface area contributed by atoms with Gasteiger partial charge in [-0.1, -0.05) is 41.4 Å². The van der Waals surface area contributed by atoms with E-state index in [1.165, 1.54) is 0 Å². The standard InChI is InChI=1S/C18H25Cl2NO3P/c1-13(15-7-8-17(19)18(20)9-15)21-10-16(22)12-25(23,24)11-14-5-3-2-4-6-14/h2-3,7-9,13-14,21,23-24H,4-6,10-12H2,1H3/q+1. The number of carbonyl (C=O) groups is 1. The Labute approximate surface area is 159 Å². The Kier molecular flexibility index (Phi) is 7.88. The van der Waals surface area contributed by atoms with Crippen LogP contribution >= 0.6 is 30.9 Å². The van der Waals surface area contributed by atoms with Crippen LogP contribution in [0, 0.1) is 5.92 Å². The van der Waals surface area contributed by atoms with Crippen LogP contribution in [-0.4, -0.2) is 34.4 Å². The molecule has 0 bridgehead atoms. The summed E-state index contributed by atoms with van der Waals surface area (Å²) in [6.45, 7) is 2.01. The quantitative estimate of drug-likeness (QED) is 0.443. The third-order valence-corrected chi connectivity index (χ3v) is 7.11. The number of Topliss-reactive ketones (excluding diaryl/α,β-unsaturated/α-hetero) is 1. The molecule has 2 rings (SSSR count). The van der Waals surface area contributed by atoms with E-state index >= 15 is 0 Å². The van der Waals surface area contributed by atoms with Crippen LogP contribution in [-0.2, 0) is 4.79 Å². The fraction of sp³-hybridized carbons (Fsp3) is 0.500. The molecule has 138 valence electrons. The number of allylic oxidation sites excluding steroid dienone is 2. The van der Waals surface area contributed by atoms with Crippen molar-refractivity contribution in [2.45, 2.75) is 32.2 Å². The lowest BCUT2D eigenvalue weighted by atomic mass is 9.96. The molecule has 0 amide bonds. The van der Waals surface area contributed by atoms with Gasteiger partial charge in [-0.3, -0.25) is 4.79 Å². The largest absolute Gasteiger partial charge is 0.303 e. The van der Waals surface area contributed by atoms with E-state index in [9.17, 15) is 14.6 Å². The minimum Gasteiger partial charge on any atom is -0.303 e. The molecule has 0 aliphatic heterocycles. The monoisotopic (exact) mass is 404 g/mol. The van der Waals surface area contributed by atoms with E-state index in [-0.39, 0.29) is 30.4 Å². The second kappa shape index (κ2) is 9.45. The van der Waals surface area contributed by atoms with E-state index in [1.807, 2.05) is 13.0 Å². The van der Waals surface area contributed by atoms with Gasteiger partial charge >= 0.3 is 0 Å². The topological polar surface area (TPSA) is 69.6 Å². The van der Waals surface area contributed by atoms with Crippen molar-refractivity contribution in [3.63, 3.8) is 0 Å². The third kappa shape index (κ3) is 6.97. The van der Waals surface area contributed by atoms with Crippen LogP contribution in [0.2, 0.25) is 10.0 Å². The molecule has 0 spiro atoms. The second-order valence-electron chi connectivity index (χ2n) is 6.68. The number of carbonyl (C=O) groups excluding carboxylic acids is 1. The molecular formula is C18H25Cl2NO3P+. The maximum Gasteiger partial charge on any atom is 0.275 e. The highest BCUT2D eigenvalue weighted by Crippen LogP contribution is 2.52. The number of benzene rings is 1. The summed E-state index contributed by atoms with van der Waals surface area (Å²) in [5, 5.41) is 4.06. The van der Waals surface area contributed by atoms with Gasteiger partial charge in [0.25, 0.3) is 7.72 Å². The first-order chi connectivity index (χ1) is 11.8. The SMILES string of the molecule is CC(NCC(=O)C[P+](O)(O)CC1CC=CCC1)c1ccc(Cl)c(Cl)c1. The minimum absolute atomic E-state index is 0.0904. The average Bonchev–Trinajstić information content (AvgIpc) is 2.55. The number of halogens is 2. The first-order valence-corrected chi connectivity index (χ1v) is 11.3. The van der Waals surface area contributed by atoms with Crippen LogP contribution in [0.4, 0.5) is 0 Å². The molecule has 1 aliphatic rings. The lowest BCUT2D eigenvalue weighted by Crippen LogP contribution is -2.29. The molecule has 4 nitrogen and oxygen atoms in total. The van der Waals surface area contributed by atoms with Crippen LogP contribution in [0.15, 0.2) is 30.4 Å². The van der Waals surface area contributed by atoms with Crippen molar-refractivity contribution in [3.05, 3.63) is 46.0 Å². The zero-order valence-electron chi connectivity index (χ0n) is 14.3.